The van der Waals surface area contributed by atoms with Gasteiger partial charge in [0.15, 0.2) is 0 Å². The lowest BCUT2D eigenvalue weighted by atomic mass is 10.2. The number of anilines is 1. The highest BCUT2D eigenvalue weighted by Crippen LogP contribution is 2.27. The van der Waals surface area contributed by atoms with Gasteiger partial charge < -0.3 is 14.8 Å². The van der Waals surface area contributed by atoms with Crippen molar-refractivity contribution in [2.45, 2.75) is 13.8 Å². The third-order valence-electron chi connectivity index (χ3n) is 3.15. The van der Waals surface area contributed by atoms with Gasteiger partial charge in [0.25, 0.3) is 0 Å². The van der Waals surface area contributed by atoms with E-state index in [0.717, 1.165) is 16.9 Å². The first-order valence-electron chi connectivity index (χ1n) is 7.44. The van der Waals surface area contributed by atoms with E-state index in [1.165, 1.54) is 17.4 Å². The van der Waals surface area contributed by atoms with Crippen LogP contribution in [0.2, 0.25) is 0 Å². The van der Waals surface area contributed by atoms with Gasteiger partial charge in [-0.05, 0) is 49.2 Å². The predicted octanol–water partition coefficient (Wildman–Crippen LogP) is 3.89. The van der Waals surface area contributed by atoms with Crippen molar-refractivity contribution in [3.63, 3.8) is 0 Å². The monoisotopic (exact) mass is 345 g/mol. The second kappa shape index (κ2) is 8.31. The van der Waals surface area contributed by atoms with Gasteiger partial charge in [-0.1, -0.05) is 12.1 Å². The van der Waals surface area contributed by atoms with Crippen molar-refractivity contribution < 1.29 is 19.1 Å². The molecule has 126 valence electrons. The van der Waals surface area contributed by atoms with Crippen molar-refractivity contribution in [3.8, 4) is 5.75 Å². The van der Waals surface area contributed by atoms with Crippen LogP contribution in [0.1, 0.15) is 27.7 Å². The first-order valence-corrected chi connectivity index (χ1v) is 8.25. The van der Waals surface area contributed by atoms with E-state index in [4.69, 9.17) is 9.47 Å². The zero-order valence-corrected chi connectivity index (χ0v) is 14.6. The lowest BCUT2D eigenvalue weighted by Gasteiger charge is -2.00. The largest absolute Gasteiger partial charge is 0.497 e. The molecule has 5 nitrogen and oxygen atoms in total. The summed E-state index contributed by atoms with van der Waals surface area (Å²) in [6.07, 6.45) is 3.14. The number of methoxy groups -OCH3 is 1. The van der Waals surface area contributed by atoms with Crippen LogP contribution in [0.5, 0.6) is 5.75 Å². The predicted molar refractivity (Wildman–Crippen MR) is 95.7 cm³/mol. The lowest BCUT2D eigenvalue weighted by Crippen LogP contribution is -2.06. The fourth-order valence-corrected chi connectivity index (χ4v) is 2.99. The van der Waals surface area contributed by atoms with Gasteiger partial charge in [0, 0.05) is 6.08 Å². The van der Waals surface area contributed by atoms with Crippen molar-refractivity contribution in [2.75, 3.05) is 19.0 Å². The lowest BCUT2D eigenvalue weighted by molar-refractivity contribution is -0.111. The number of esters is 1. The maximum atomic E-state index is 12.0. The van der Waals surface area contributed by atoms with Gasteiger partial charge in [-0.15, -0.1) is 11.3 Å². The highest BCUT2D eigenvalue weighted by atomic mass is 32.1. The molecule has 0 saturated carbocycles. The summed E-state index contributed by atoms with van der Waals surface area (Å²) in [5, 5.41) is 3.36. The molecule has 0 atom stereocenters. The van der Waals surface area contributed by atoms with Crippen molar-refractivity contribution in [1.29, 1.82) is 0 Å². The Kier molecular flexibility index (Phi) is 6.14. The molecule has 2 aromatic rings. The minimum atomic E-state index is -0.368. The molecule has 0 aliphatic carbocycles. The molecule has 1 aromatic heterocycles. The van der Waals surface area contributed by atoms with E-state index in [9.17, 15) is 9.59 Å². The van der Waals surface area contributed by atoms with Crippen LogP contribution in [-0.4, -0.2) is 25.6 Å². The summed E-state index contributed by atoms with van der Waals surface area (Å²) in [6, 6.07) is 9.15. The van der Waals surface area contributed by atoms with Crippen LogP contribution < -0.4 is 10.1 Å². The number of benzene rings is 1. The highest BCUT2D eigenvalue weighted by Gasteiger charge is 2.15. The molecule has 0 aliphatic rings. The Morgan fingerprint density at radius 1 is 1.29 bits per heavy atom. The molecule has 1 amide bonds. The summed E-state index contributed by atoms with van der Waals surface area (Å²) in [5.41, 5.74) is 1.64. The van der Waals surface area contributed by atoms with E-state index in [1.54, 1.807) is 26.2 Å². The summed E-state index contributed by atoms with van der Waals surface area (Å²) in [7, 11) is 1.59. The minimum absolute atomic E-state index is 0.269. The molecule has 0 spiro atoms. The number of carbonyl (C=O) groups excluding carboxylic acids is 2. The molecule has 1 heterocycles. The molecule has 6 heteroatoms. The number of rotatable bonds is 6. The fraction of sp³-hybridized carbons (Fsp3) is 0.222. The van der Waals surface area contributed by atoms with Crippen LogP contribution in [0.25, 0.3) is 6.08 Å². The third kappa shape index (κ3) is 4.70. The maximum absolute atomic E-state index is 12.0. The molecule has 0 saturated heterocycles. The summed E-state index contributed by atoms with van der Waals surface area (Å²) >= 11 is 1.20. The molecule has 1 N–H and O–H groups in total. The van der Waals surface area contributed by atoms with Crippen LogP contribution >= 0.6 is 11.3 Å². The van der Waals surface area contributed by atoms with Gasteiger partial charge in [0.1, 0.15) is 10.6 Å². The molecule has 0 aliphatic heterocycles. The van der Waals surface area contributed by atoms with Gasteiger partial charge in [0.2, 0.25) is 5.91 Å². The number of hydrogen-bond acceptors (Lipinski definition) is 5. The van der Waals surface area contributed by atoms with E-state index in [-0.39, 0.29) is 11.9 Å². The van der Waals surface area contributed by atoms with Gasteiger partial charge in [-0.25, -0.2) is 4.79 Å². The van der Waals surface area contributed by atoms with Crippen LogP contribution in [0.3, 0.4) is 0 Å². The molecule has 0 radical (unpaired) electrons. The Morgan fingerprint density at radius 3 is 2.79 bits per heavy atom. The van der Waals surface area contributed by atoms with Crippen LogP contribution in [0, 0.1) is 6.92 Å². The van der Waals surface area contributed by atoms with Gasteiger partial charge in [0.05, 0.1) is 18.7 Å². The Morgan fingerprint density at radius 2 is 2.08 bits per heavy atom. The van der Waals surface area contributed by atoms with Gasteiger partial charge >= 0.3 is 5.97 Å². The number of amides is 1. The fourth-order valence-electron chi connectivity index (χ4n) is 2.02. The average molecular weight is 345 g/mol. The van der Waals surface area contributed by atoms with Gasteiger partial charge in [-0.3, -0.25) is 4.79 Å². The molecule has 24 heavy (non-hydrogen) atoms. The highest BCUT2D eigenvalue weighted by molar-refractivity contribution is 7.18. The molecular formula is C18H19NO4S. The average Bonchev–Trinajstić information content (AvgIpc) is 2.93. The normalized spacial score (nSPS) is 10.6. The molecule has 0 bridgehead atoms. The Labute approximate surface area is 144 Å². The van der Waals surface area contributed by atoms with E-state index in [1.807, 2.05) is 31.2 Å². The van der Waals surface area contributed by atoms with Crippen molar-refractivity contribution in [1.82, 2.24) is 0 Å². The summed E-state index contributed by atoms with van der Waals surface area (Å²) in [4.78, 5) is 24.3. The zero-order chi connectivity index (χ0) is 17.5. The second-order valence-corrected chi connectivity index (χ2v) is 5.99. The van der Waals surface area contributed by atoms with Crippen LogP contribution in [0.4, 0.5) is 5.00 Å². The number of nitrogens with one attached hydrogen (secondary N) is 1. The molecule has 0 unspecified atom stereocenters. The molecule has 1 aromatic carbocycles. The Bertz CT molecular complexity index is 764. The standard InChI is InChI=1S/C18H19NO4S/c1-4-23-18(21)17-12(2)10-16(24-17)19-15(20)9-8-13-6-5-7-14(11-13)22-3/h5-11H,4H2,1-3H3,(H,19,20). The Hall–Kier alpha value is -2.60. The maximum Gasteiger partial charge on any atom is 0.348 e. The van der Waals surface area contributed by atoms with Crippen LogP contribution in [-0.2, 0) is 9.53 Å². The minimum Gasteiger partial charge on any atom is -0.497 e. The topological polar surface area (TPSA) is 64.6 Å². The van der Waals surface area contributed by atoms with Crippen molar-refractivity contribution >= 4 is 34.3 Å². The first kappa shape index (κ1) is 17.7. The Balaban J connectivity index is 2.03. The van der Waals surface area contributed by atoms with Crippen molar-refractivity contribution in [3.05, 3.63) is 52.4 Å². The van der Waals surface area contributed by atoms with E-state index in [2.05, 4.69) is 5.32 Å². The smallest absolute Gasteiger partial charge is 0.348 e. The number of thiophene rings is 1. The molecular weight excluding hydrogens is 326 g/mol. The van der Waals surface area contributed by atoms with E-state index in [0.29, 0.717) is 16.5 Å². The summed E-state index contributed by atoms with van der Waals surface area (Å²) < 4.78 is 10.1. The van der Waals surface area contributed by atoms with Gasteiger partial charge in [-0.2, -0.15) is 0 Å². The van der Waals surface area contributed by atoms with Crippen molar-refractivity contribution in [2.24, 2.45) is 0 Å². The SMILES string of the molecule is CCOC(=O)c1sc(NC(=O)C=Cc2cccc(OC)c2)cc1C. The van der Waals surface area contributed by atoms with E-state index < -0.39 is 0 Å². The second-order valence-electron chi connectivity index (χ2n) is 4.94. The number of carbonyl (C=O) groups is 2. The third-order valence-corrected chi connectivity index (χ3v) is 4.28. The number of aryl methyl sites for hydroxylation is 1. The van der Waals surface area contributed by atoms with E-state index >= 15 is 0 Å². The summed E-state index contributed by atoms with van der Waals surface area (Å²) in [5.74, 6) is 0.0902. The first-order chi connectivity index (χ1) is 11.5. The zero-order valence-electron chi connectivity index (χ0n) is 13.8. The molecule has 2 rings (SSSR count). The summed E-state index contributed by atoms with van der Waals surface area (Å²) in [6.45, 7) is 3.89. The number of hydrogen-bond donors (Lipinski definition) is 1. The number of ether oxygens (including phenoxy) is 2. The van der Waals surface area contributed by atoms with Crippen LogP contribution in [0.15, 0.2) is 36.4 Å². The molecule has 0 fully saturated rings. The quantitative estimate of drug-likeness (QED) is 0.637.